The van der Waals surface area contributed by atoms with Gasteiger partial charge in [0.25, 0.3) is 0 Å². The van der Waals surface area contributed by atoms with Gasteiger partial charge in [0.1, 0.15) is 0 Å². The smallest absolute Gasteiger partial charge is 0.331 e. The van der Waals surface area contributed by atoms with Crippen LogP contribution >= 0.6 is 0 Å². The van der Waals surface area contributed by atoms with E-state index in [1.807, 2.05) is 6.92 Å². The van der Waals surface area contributed by atoms with Crippen LogP contribution in [0.4, 0.5) is 0 Å². The van der Waals surface area contributed by atoms with E-state index in [-0.39, 0.29) is 5.97 Å². The van der Waals surface area contributed by atoms with Crippen molar-refractivity contribution >= 4 is 5.97 Å². The van der Waals surface area contributed by atoms with Gasteiger partial charge in [-0.1, -0.05) is 51.4 Å². The maximum Gasteiger partial charge on any atom is 0.331 e. The van der Waals surface area contributed by atoms with Crippen molar-refractivity contribution in [1.82, 2.24) is 0 Å². The van der Waals surface area contributed by atoms with Gasteiger partial charge in [-0.15, -0.1) is 0 Å². The van der Waals surface area contributed by atoms with E-state index in [2.05, 4.69) is 18.8 Å². The SMILES string of the molecule is CCCCCC#C/C(=C/C(=O)OCC)[C@@]1(C)CCCC[C@@H]1O. The number of ether oxygens (including phenoxy) is 1. The van der Waals surface area contributed by atoms with Gasteiger partial charge >= 0.3 is 5.97 Å². The number of carbonyl (C=O) groups excluding carboxylic acids is 1. The summed E-state index contributed by atoms with van der Waals surface area (Å²) in [4.78, 5) is 11.8. The standard InChI is InChI=1S/C19H30O3/c1-4-6-7-8-9-12-16(15-18(21)22-5-2)19(3)14-11-10-13-17(19)20/h15,17,20H,4-8,10-11,13-14H2,1-3H3/b16-15-/t17-,19+/m0/s1. The van der Waals surface area contributed by atoms with Crippen molar-refractivity contribution in [3.63, 3.8) is 0 Å². The van der Waals surface area contributed by atoms with Crippen molar-refractivity contribution in [2.75, 3.05) is 6.61 Å². The molecule has 1 fully saturated rings. The molecule has 0 unspecified atom stereocenters. The van der Waals surface area contributed by atoms with Crippen LogP contribution in [0.25, 0.3) is 0 Å². The van der Waals surface area contributed by atoms with Gasteiger partial charge in [-0.05, 0) is 26.2 Å². The average Bonchev–Trinajstić information content (AvgIpc) is 2.49. The first kappa shape index (κ1) is 18.8. The third kappa shape index (κ3) is 5.50. The lowest BCUT2D eigenvalue weighted by molar-refractivity contribution is -0.137. The van der Waals surface area contributed by atoms with Crippen LogP contribution < -0.4 is 0 Å². The Kier molecular flexibility index (Phi) is 8.27. The zero-order valence-corrected chi connectivity index (χ0v) is 14.3. The topological polar surface area (TPSA) is 46.5 Å². The second kappa shape index (κ2) is 9.69. The van der Waals surface area contributed by atoms with E-state index in [0.717, 1.165) is 44.1 Å². The first-order chi connectivity index (χ1) is 10.5. The predicted octanol–water partition coefficient (Wildman–Crippen LogP) is 4.00. The maximum absolute atomic E-state index is 11.8. The van der Waals surface area contributed by atoms with Crippen molar-refractivity contribution in [1.29, 1.82) is 0 Å². The van der Waals surface area contributed by atoms with Crippen LogP contribution in [0.5, 0.6) is 0 Å². The highest BCUT2D eigenvalue weighted by atomic mass is 16.5. The third-order valence-corrected chi connectivity index (χ3v) is 4.45. The Morgan fingerprint density at radius 1 is 1.36 bits per heavy atom. The highest BCUT2D eigenvalue weighted by Crippen LogP contribution is 2.42. The average molecular weight is 306 g/mol. The van der Waals surface area contributed by atoms with Crippen LogP contribution in [0, 0.1) is 17.3 Å². The van der Waals surface area contributed by atoms with Crippen molar-refractivity contribution in [2.24, 2.45) is 5.41 Å². The number of unbranched alkanes of at least 4 members (excludes halogenated alkanes) is 3. The van der Waals surface area contributed by atoms with E-state index in [9.17, 15) is 9.90 Å². The number of hydrogen-bond donors (Lipinski definition) is 1. The zero-order valence-electron chi connectivity index (χ0n) is 14.3. The summed E-state index contributed by atoms with van der Waals surface area (Å²) in [5, 5.41) is 10.4. The molecule has 0 heterocycles. The molecule has 0 amide bonds. The highest BCUT2D eigenvalue weighted by molar-refractivity contribution is 5.84. The first-order valence-corrected chi connectivity index (χ1v) is 8.60. The van der Waals surface area contributed by atoms with E-state index in [1.165, 1.54) is 18.9 Å². The molecule has 1 N–H and O–H groups in total. The summed E-state index contributed by atoms with van der Waals surface area (Å²) >= 11 is 0. The van der Waals surface area contributed by atoms with Crippen LogP contribution in [0.2, 0.25) is 0 Å². The van der Waals surface area contributed by atoms with Crippen molar-refractivity contribution in [3.05, 3.63) is 11.6 Å². The van der Waals surface area contributed by atoms with Gasteiger partial charge in [0, 0.05) is 23.5 Å². The largest absolute Gasteiger partial charge is 0.463 e. The molecule has 124 valence electrons. The zero-order chi connectivity index (χ0) is 16.4. The Hall–Kier alpha value is -1.27. The van der Waals surface area contributed by atoms with Crippen LogP contribution in [-0.4, -0.2) is 23.8 Å². The molecule has 22 heavy (non-hydrogen) atoms. The van der Waals surface area contributed by atoms with Crippen LogP contribution in [0.1, 0.15) is 72.1 Å². The summed E-state index contributed by atoms with van der Waals surface area (Å²) in [6, 6.07) is 0. The Labute approximate surface area is 135 Å². The number of aliphatic hydroxyl groups excluding tert-OH is 1. The summed E-state index contributed by atoms with van der Waals surface area (Å²) in [5.41, 5.74) is 0.303. The fourth-order valence-electron chi connectivity index (χ4n) is 2.90. The van der Waals surface area contributed by atoms with Crippen LogP contribution in [0.15, 0.2) is 11.6 Å². The van der Waals surface area contributed by atoms with Gasteiger partial charge < -0.3 is 9.84 Å². The van der Waals surface area contributed by atoms with Gasteiger partial charge in [-0.2, -0.15) is 0 Å². The Morgan fingerprint density at radius 2 is 2.14 bits per heavy atom. The van der Waals surface area contributed by atoms with Crippen molar-refractivity contribution < 1.29 is 14.6 Å². The Bertz CT molecular complexity index is 441. The van der Waals surface area contributed by atoms with Gasteiger partial charge in [0.05, 0.1) is 12.7 Å². The Balaban J connectivity index is 2.92. The molecule has 0 spiro atoms. The van der Waals surface area contributed by atoms with Crippen molar-refractivity contribution in [3.8, 4) is 11.8 Å². The molecular formula is C19H30O3. The molecule has 3 heteroatoms. The summed E-state index contributed by atoms with van der Waals surface area (Å²) < 4.78 is 5.02. The number of esters is 1. The molecule has 0 aromatic carbocycles. The lowest BCUT2D eigenvalue weighted by atomic mass is 9.68. The van der Waals surface area contributed by atoms with Crippen LogP contribution in [0.3, 0.4) is 0 Å². The fraction of sp³-hybridized carbons (Fsp3) is 0.737. The molecular weight excluding hydrogens is 276 g/mol. The van der Waals surface area contributed by atoms with E-state index < -0.39 is 11.5 Å². The monoisotopic (exact) mass is 306 g/mol. The van der Waals surface area contributed by atoms with E-state index in [1.54, 1.807) is 6.92 Å². The molecule has 0 saturated heterocycles. The summed E-state index contributed by atoms with van der Waals surface area (Å²) in [7, 11) is 0. The molecule has 0 aromatic rings. The molecule has 1 saturated carbocycles. The predicted molar refractivity (Wildman–Crippen MR) is 89.2 cm³/mol. The second-order valence-corrected chi connectivity index (χ2v) is 6.25. The van der Waals surface area contributed by atoms with E-state index in [4.69, 9.17) is 4.74 Å². The fourth-order valence-corrected chi connectivity index (χ4v) is 2.90. The van der Waals surface area contributed by atoms with E-state index >= 15 is 0 Å². The van der Waals surface area contributed by atoms with E-state index in [0.29, 0.717) is 6.61 Å². The molecule has 0 bridgehead atoms. The number of rotatable bonds is 6. The van der Waals surface area contributed by atoms with Gasteiger partial charge in [0.15, 0.2) is 0 Å². The third-order valence-electron chi connectivity index (χ3n) is 4.45. The summed E-state index contributed by atoms with van der Waals surface area (Å²) in [6.45, 7) is 6.33. The lowest BCUT2D eigenvalue weighted by Gasteiger charge is -2.38. The van der Waals surface area contributed by atoms with Gasteiger partial charge in [-0.25, -0.2) is 4.79 Å². The molecule has 0 aromatic heterocycles. The molecule has 1 aliphatic carbocycles. The molecule has 0 aliphatic heterocycles. The normalized spacial score (nSPS) is 25.3. The highest BCUT2D eigenvalue weighted by Gasteiger charge is 2.38. The maximum atomic E-state index is 11.8. The minimum Gasteiger partial charge on any atom is -0.463 e. The first-order valence-electron chi connectivity index (χ1n) is 8.60. The number of carbonyl (C=O) groups is 1. The van der Waals surface area contributed by atoms with Gasteiger partial charge in [0.2, 0.25) is 0 Å². The second-order valence-electron chi connectivity index (χ2n) is 6.25. The van der Waals surface area contributed by atoms with Crippen LogP contribution in [-0.2, 0) is 9.53 Å². The quantitative estimate of drug-likeness (QED) is 0.349. The molecule has 3 nitrogen and oxygen atoms in total. The lowest BCUT2D eigenvalue weighted by Crippen LogP contribution is -2.37. The summed E-state index contributed by atoms with van der Waals surface area (Å²) in [6.07, 6.45) is 9.04. The Morgan fingerprint density at radius 3 is 2.77 bits per heavy atom. The minimum atomic E-state index is -0.438. The molecule has 0 radical (unpaired) electrons. The minimum absolute atomic E-state index is 0.353. The number of hydrogen-bond acceptors (Lipinski definition) is 3. The van der Waals surface area contributed by atoms with Crippen molar-refractivity contribution in [2.45, 2.75) is 78.2 Å². The number of aliphatic hydroxyl groups is 1. The molecule has 1 rings (SSSR count). The molecule has 2 atom stereocenters. The molecule has 1 aliphatic rings. The summed E-state index contributed by atoms with van der Waals surface area (Å²) in [5.74, 6) is 5.97. The van der Waals surface area contributed by atoms with Gasteiger partial charge in [-0.3, -0.25) is 0 Å².